The highest BCUT2D eigenvalue weighted by atomic mass is 35.5. The monoisotopic (exact) mass is 459 g/mol. The van der Waals surface area contributed by atoms with Crippen molar-refractivity contribution in [2.45, 2.75) is 26.1 Å². The van der Waals surface area contributed by atoms with Crippen molar-refractivity contribution in [2.24, 2.45) is 5.92 Å². The number of rotatable bonds is 7. The number of aliphatic hydroxyl groups excluding tert-OH is 1. The van der Waals surface area contributed by atoms with Crippen molar-refractivity contribution in [3.8, 4) is 5.75 Å². The van der Waals surface area contributed by atoms with Crippen LogP contribution in [0.4, 0.5) is 4.39 Å². The third-order valence-corrected chi connectivity index (χ3v) is 4.76. The van der Waals surface area contributed by atoms with E-state index in [1.165, 1.54) is 6.07 Å². The summed E-state index contributed by atoms with van der Waals surface area (Å²) in [7, 11) is -3.31. The van der Waals surface area contributed by atoms with Gasteiger partial charge in [-0.05, 0) is 29.2 Å². The summed E-state index contributed by atoms with van der Waals surface area (Å²) in [6.07, 6.45) is -2.60. The lowest BCUT2D eigenvalue weighted by molar-refractivity contribution is 0.0694. The Balaban J connectivity index is 2.62. The van der Waals surface area contributed by atoms with Crippen LogP contribution >= 0.6 is 11.6 Å². The number of carbonyl (C=O) groups is 1. The van der Waals surface area contributed by atoms with E-state index in [4.69, 9.17) is 32.8 Å². The van der Waals surface area contributed by atoms with Gasteiger partial charge in [-0.15, -0.1) is 0 Å². The topological polar surface area (TPSA) is 88.8 Å². The first-order valence-electron chi connectivity index (χ1n) is 14.6. The summed E-state index contributed by atoms with van der Waals surface area (Å²) in [4.78, 5) is 25.4. The van der Waals surface area contributed by atoms with Crippen LogP contribution < -0.4 is 10.2 Å². The summed E-state index contributed by atoms with van der Waals surface area (Å²) in [5.74, 6) is -6.78. The van der Waals surface area contributed by atoms with E-state index < -0.39 is 101 Å². The van der Waals surface area contributed by atoms with E-state index >= 15 is 0 Å². The molecule has 0 saturated carbocycles. The van der Waals surface area contributed by atoms with Gasteiger partial charge in [-0.3, -0.25) is 4.79 Å². The number of methoxy groups -OCH3 is 1. The Kier molecular flexibility index (Phi) is 3.41. The van der Waals surface area contributed by atoms with Gasteiger partial charge < -0.3 is 19.5 Å². The fraction of sp³-hybridized carbons (Fsp3) is 0.304. The van der Waals surface area contributed by atoms with Gasteiger partial charge in [-0.2, -0.15) is 0 Å². The molecule has 0 fully saturated rings. The number of pyridine rings is 1. The maximum absolute atomic E-state index is 15.0. The van der Waals surface area contributed by atoms with Crippen LogP contribution in [-0.4, -0.2) is 34.4 Å². The number of aliphatic hydroxyl groups is 1. The minimum atomic E-state index is -3.48. The lowest BCUT2D eigenvalue weighted by Gasteiger charge is -2.25. The average molecular weight is 460 g/mol. The molecule has 0 unspecified atom stereocenters. The smallest absolute Gasteiger partial charge is 0.341 e. The summed E-state index contributed by atoms with van der Waals surface area (Å²) < 4.78 is 116. The van der Waals surface area contributed by atoms with Gasteiger partial charge in [0.1, 0.15) is 17.1 Å². The molecule has 0 radical (unpaired) electrons. The Labute approximate surface area is 200 Å². The van der Waals surface area contributed by atoms with E-state index in [-0.39, 0.29) is 0 Å². The molecule has 0 saturated heterocycles. The molecule has 3 rings (SSSR count). The minimum Gasteiger partial charge on any atom is -0.496 e. The number of aromatic nitrogens is 1. The molecule has 0 bridgehead atoms. The standard InChI is InChI=1S/C23H23ClFNO5/c1-12(2)19(11-27)26-10-16(23(29)30)22(28)15-8-14(20(31-3)9-18(15)26)7-13-5-4-6-17(24)21(13)25/h4-6,8-10,12,19,27H,7,11H2,1-3H3,(H,29,30)/t19-/m1/s1/i1D3,2D3,3D3,7D2,19D. The molecule has 1 aromatic heterocycles. The quantitative estimate of drug-likeness (QED) is 0.550. The van der Waals surface area contributed by atoms with Crippen molar-refractivity contribution >= 4 is 28.5 Å². The molecule has 31 heavy (non-hydrogen) atoms. The fourth-order valence-corrected chi connectivity index (χ4v) is 3.15. The van der Waals surface area contributed by atoms with Gasteiger partial charge in [-0.1, -0.05) is 37.4 Å². The SMILES string of the molecule is [2H]C([2H])([2H])Oc1cc2c(cc1C([2H])([2H])c1cccc(Cl)c1F)c(=O)c(C(=O)O)cn2[C@]([2H])(CO)C(C([2H])([2H])[2H])C([2H])([2H])[2H]. The number of ether oxygens (including phenoxy) is 1. The predicted molar refractivity (Wildman–Crippen MR) is 117 cm³/mol. The Morgan fingerprint density at radius 2 is 2.16 bits per heavy atom. The lowest BCUT2D eigenvalue weighted by Crippen LogP contribution is -2.25. The third kappa shape index (κ3) is 4.29. The number of hydrogen-bond donors (Lipinski definition) is 2. The van der Waals surface area contributed by atoms with Crippen LogP contribution in [0, 0.1) is 11.7 Å². The predicted octanol–water partition coefficient (Wildman–Crippen LogP) is 4.28. The van der Waals surface area contributed by atoms with Gasteiger partial charge in [0.15, 0.2) is 0 Å². The number of nitrogens with zero attached hydrogens (tertiary/aromatic N) is 1. The maximum atomic E-state index is 15.0. The molecule has 164 valence electrons. The zero-order chi connectivity index (χ0) is 33.1. The highest BCUT2D eigenvalue weighted by Gasteiger charge is 2.23. The van der Waals surface area contributed by atoms with E-state index in [1.54, 1.807) is 0 Å². The zero-order valence-electron chi connectivity index (χ0n) is 27.6. The van der Waals surface area contributed by atoms with Crippen molar-refractivity contribution in [1.29, 1.82) is 0 Å². The van der Waals surface area contributed by atoms with Crippen LogP contribution in [0.1, 0.15) is 57.7 Å². The largest absolute Gasteiger partial charge is 0.496 e. The van der Waals surface area contributed by atoms with Gasteiger partial charge in [0.25, 0.3) is 0 Å². The van der Waals surface area contributed by atoms with Crippen LogP contribution in [0.3, 0.4) is 0 Å². The molecular weight excluding hydrogens is 425 g/mol. The van der Waals surface area contributed by atoms with E-state index in [1.807, 2.05) is 0 Å². The molecule has 0 aliphatic carbocycles. The molecule has 0 spiro atoms. The highest BCUT2D eigenvalue weighted by Crippen LogP contribution is 2.31. The summed E-state index contributed by atoms with van der Waals surface area (Å²) in [5.41, 5.74) is -4.73. The lowest BCUT2D eigenvalue weighted by atomic mass is 9.98. The van der Waals surface area contributed by atoms with Crippen molar-refractivity contribution in [1.82, 2.24) is 4.57 Å². The third-order valence-electron chi connectivity index (χ3n) is 4.47. The number of carboxylic acid groups (broad SMARTS) is 1. The van der Waals surface area contributed by atoms with E-state index in [0.717, 1.165) is 12.1 Å². The fourth-order valence-electron chi connectivity index (χ4n) is 2.98. The number of carboxylic acids is 1. The Morgan fingerprint density at radius 3 is 2.81 bits per heavy atom. The summed E-state index contributed by atoms with van der Waals surface area (Å²) >= 11 is 5.80. The highest BCUT2D eigenvalue weighted by molar-refractivity contribution is 6.30. The molecule has 6 nitrogen and oxygen atoms in total. The second-order valence-electron chi connectivity index (χ2n) is 6.32. The van der Waals surface area contributed by atoms with E-state index in [9.17, 15) is 24.2 Å². The molecule has 2 N–H and O–H groups in total. The summed E-state index contributed by atoms with van der Waals surface area (Å²) in [6.45, 7) is -8.51. The molecule has 0 amide bonds. The first-order chi connectivity index (χ1) is 19.4. The number of aromatic carboxylic acids is 1. The van der Waals surface area contributed by atoms with Crippen molar-refractivity contribution in [3.63, 3.8) is 0 Å². The number of halogens is 2. The number of fused-ring (bicyclic) bond motifs is 1. The molecule has 1 atom stereocenters. The molecule has 8 heteroatoms. The van der Waals surface area contributed by atoms with Crippen molar-refractivity contribution in [2.75, 3.05) is 13.6 Å². The van der Waals surface area contributed by atoms with Crippen LogP contribution in [0.15, 0.2) is 41.3 Å². The normalized spacial score (nSPS) is 20.8. The second kappa shape index (κ2) is 9.08. The van der Waals surface area contributed by atoms with Crippen LogP contribution in [0.25, 0.3) is 10.9 Å². The molecule has 3 aromatic rings. The van der Waals surface area contributed by atoms with E-state index in [2.05, 4.69) is 0 Å². The van der Waals surface area contributed by atoms with Gasteiger partial charge in [0.05, 0.1) is 35.7 Å². The maximum Gasteiger partial charge on any atom is 0.341 e. The molecule has 0 aliphatic heterocycles. The Hall–Kier alpha value is -2.90. The molecule has 1 heterocycles. The van der Waals surface area contributed by atoms with Gasteiger partial charge in [0, 0.05) is 35.0 Å². The first kappa shape index (κ1) is 11.6. The Bertz CT molecular complexity index is 1620. The van der Waals surface area contributed by atoms with Gasteiger partial charge in [-0.25, -0.2) is 9.18 Å². The Morgan fingerprint density at radius 1 is 1.39 bits per heavy atom. The van der Waals surface area contributed by atoms with Crippen molar-refractivity contribution in [3.05, 3.63) is 74.3 Å². The number of hydrogen-bond acceptors (Lipinski definition) is 4. The summed E-state index contributed by atoms with van der Waals surface area (Å²) in [5, 5.41) is 18.7. The van der Waals surface area contributed by atoms with Gasteiger partial charge in [0.2, 0.25) is 5.43 Å². The van der Waals surface area contributed by atoms with Crippen molar-refractivity contribution < 1.29 is 40.6 Å². The van der Waals surface area contributed by atoms with Crippen LogP contribution in [0.2, 0.25) is 5.02 Å². The van der Waals surface area contributed by atoms with Crippen LogP contribution in [0.5, 0.6) is 5.75 Å². The van der Waals surface area contributed by atoms with Crippen LogP contribution in [-0.2, 0) is 6.37 Å². The van der Waals surface area contributed by atoms with Gasteiger partial charge >= 0.3 is 5.97 Å². The first-order valence-corrected chi connectivity index (χ1v) is 8.97. The number of benzene rings is 2. The second-order valence-corrected chi connectivity index (χ2v) is 6.73. The summed E-state index contributed by atoms with van der Waals surface area (Å²) in [6, 6.07) is 1.36. The van der Waals surface area contributed by atoms with E-state index in [0.29, 0.717) is 22.9 Å². The molecule has 2 aromatic carbocycles. The zero-order valence-corrected chi connectivity index (χ0v) is 16.3. The average Bonchev–Trinajstić information content (AvgIpc) is 2.82. The minimum absolute atomic E-state index is 0.377. The molecular formula is C23H23ClFNO5. The molecule has 0 aliphatic rings.